The Morgan fingerprint density at radius 1 is 1.53 bits per heavy atom. The smallest absolute Gasteiger partial charge is 0.157 e. The first kappa shape index (κ1) is 14.1. The highest BCUT2D eigenvalue weighted by Gasteiger charge is 2.45. The number of aliphatic carboxylic acids is 1. The van der Waals surface area contributed by atoms with Crippen LogP contribution in [0.3, 0.4) is 0 Å². The van der Waals surface area contributed by atoms with E-state index in [9.17, 15) is 9.90 Å². The highest BCUT2D eigenvalue weighted by atomic mass is 16.5. The average molecular weight is 217 g/mol. The van der Waals surface area contributed by atoms with Crippen LogP contribution in [0.2, 0.25) is 0 Å². The van der Waals surface area contributed by atoms with Crippen molar-refractivity contribution in [1.82, 2.24) is 0 Å². The van der Waals surface area contributed by atoms with E-state index >= 15 is 0 Å². The molecule has 0 fully saturated rings. The lowest BCUT2D eigenvalue weighted by Crippen LogP contribution is -2.67. The Kier molecular flexibility index (Phi) is 4.45. The molecule has 1 atom stereocenters. The summed E-state index contributed by atoms with van der Waals surface area (Å²) in [6.07, 6.45) is -0.400. The van der Waals surface area contributed by atoms with Crippen molar-refractivity contribution in [3.63, 3.8) is 0 Å². The van der Waals surface area contributed by atoms with Crippen LogP contribution in [0.5, 0.6) is 0 Å². The second-order valence-electron chi connectivity index (χ2n) is 4.51. The van der Waals surface area contributed by atoms with Gasteiger partial charge < -0.3 is 24.6 Å². The molecule has 0 aliphatic carbocycles. The van der Waals surface area contributed by atoms with E-state index in [0.717, 1.165) is 0 Å². The van der Waals surface area contributed by atoms with E-state index in [1.54, 1.807) is 21.1 Å². The number of carbonyl (C=O) groups excluding carboxylic acids is 1. The van der Waals surface area contributed by atoms with Crippen LogP contribution in [0.15, 0.2) is 12.7 Å². The van der Waals surface area contributed by atoms with Crippen LogP contribution in [0.25, 0.3) is 0 Å². The van der Waals surface area contributed by atoms with Gasteiger partial charge in [-0.15, -0.1) is 6.58 Å². The van der Waals surface area contributed by atoms with Crippen LogP contribution in [0.4, 0.5) is 0 Å². The Morgan fingerprint density at radius 3 is 2.20 bits per heavy atom. The van der Waals surface area contributed by atoms with Gasteiger partial charge in [-0.2, -0.15) is 0 Å². The molecule has 0 amide bonds. The lowest BCUT2D eigenvalue weighted by molar-refractivity contribution is -0.917. The number of rotatable bonds is 6. The summed E-state index contributed by atoms with van der Waals surface area (Å²) < 4.78 is 0.0406. The molecule has 1 unspecified atom stereocenters. The van der Waals surface area contributed by atoms with Gasteiger partial charge >= 0.3 is 0 Å². The lowest BCUT2D eigenvalue weighted by Gasteiger charge is -2.46. The number of hydrogen-bond acceptors (Lipinski definition) is 4. The molecule has 0 aromatic carbocycles. The van der Waals surface area contributed by atoms with Crippen molar-refractivity contribution in [1.29, 1.82) is 0 Å². The van der Waals surface area contributed by atoms with Crippen molar-refractivity contribution in [2.75, 3.05) is 21.1 Å². The standard InChI is InChI=1S/C10H19NO4/c1-5-6-10(9(14)15,7-8(12)13)11(2,3)4/h5,8,12-13H,1,6-7H2,2-4H3. The van der Waals surface area contributed by atoms with Crippen molar-refractivity contribution in [2.45, 2.75) is 24.7 Å². The van der Waals surface area contributed by atoms with Gasteiger partial charge in [-0.05, 0) is 0 Å². The molecule has 0 spiro atoms. The molecule has 0 bridgehead atoms. The molecule has 0 heterocycles. The van der Waals surface area contributed by atoms with Gasteiger partial charge in [0, 0.05) is 6.42 Å². The fraction of sp³-hybridized carbons (Fsp3) is 0.700. The van der Waals surface area contributed by atoms with Crippen molar-refractivity contribution >= 4 is 5.97 Å². The number of aliphatic hydroxyl groups excluding tert-OH is 1. The van der Waals surface area contributed by atoms with Gasteiger partial charge in [-0.1, -0.05) is 6.08 Å². The monoisotopic (exact) mass is 217 g/mol. The third-order valence-corrected chi connectivity index (χ3v) is 2.67. The number of aliphatic hydroxyl groups is 2. The topological polar surface area (TPSA) is 80.6 Å². The normalized spacial score (nSPS) is 16.1. The Labute approximate surface area is 89.8 Å². The highest BCUT2D eigenvalue weighted by molar-refractivity contribution is 5.75. The highest BCUT2D eigenvalue weighted by Crippen LogP contribution is 2.28. The minimum absolute atomic E-state index is 0.0406. The Bertz CT molecular complexity index is 244. The molecule has 5 heteroatoms. The van der Waals surface area contributed by atoms with Gasteiger partial charge in [0.25, 0.3) is 0 Å². The van der Waals surface area contributed by atoms with Crippen molar-refractivity contribution in [3.8, 4) is 0 Å². The minimum Gasteiger partial charge on any atom is -0.544 e. The Morgan fingerprint density at radius 2 is 2.00 bits per heavy atom. The van der Waals surface area contributed by atoms with E-state index in [4.69, 9.17) is 10.2 Å². The summed E-state index contributed by atoms with van der Waals surface area (Å²) in [6.45, 7) is 3.48. The first-order valence-electron chi connectivity index (χ1n) is 4.67. The fourth-order valence-electron chi connectivity index (χ4n) is 1.61. The lowest BCUT2D eigenvalue weighted by atomic mass is 9.87. The van der Waals surface area contributed by atoms with E-state index < -0.39 is 17.8 Å². The number of carboxylic acids is 1. The second-order valence-corrected chi connectivity index (χ2v) is 4.51. The van der Waals surface area contributed by atoms with E-state index in [2.05, 4.69) is 6.58 Å². The van der Waals surface area contributed by atoms with Crippen LogP contribution < -0.4 is 5.11 Å². The first-order valence-corrected chi connectivity index (χ1v) is 4.67. The molecule has 0 radical (unpaired) electrons. The molecule has 0 aliphatic rings. The Balaban J connectivity index is 5.26. The van der Waals surface area contributed by atoms with Crippen LogP contribution >= 0.6 is 0 Å². The van der Waals surface area contributed by atoms with Gasteiger partial charge in [0.2, 0.25) is 0 Å². The molecule has 5 nitrogen and oxygen atoms in total. The molecule has 0 saturated carbocycles. The summed E-state index contributed by atoms with van der Waals surface area (Å²) in [7, 11) is 5.01. The largest absolute Gasteiger partial charge is 0.544 e. The predicted molar refractivity (Wildman–Crippen MR) is 53.4 cm³/mol. The number of quaternary nitrogens is 1. The third kappa shape index (κ3) is 3.02. The molecule has 0 aromatic rings. The quantitative estimate of drug-likeness (QED) is 0.321. The Hall–Kier alpha value is -0.910. The first-order chi connectivity index (χ1) is 6.67. The van der Waals surface area contributed by atoms with Crippen molar-refractivity contribution < 1.29 is 24.6 Å². The zero-order chi connectivity index (χ0) is 12.3. The summed E-state index contributed by atoms with van der Waals surface area (Å²) in [6, 6.07) is 0. The van der Waals surface area contributed by atoms with Crippen LogP contribution in [0, 0.1) is 0 Å². The van der Waals surface area contributed by atoms with Gasteiger partial charge in [0.1, 0.15) is 11.5 Å². The van der Waals surface area contributed by atoms with Gasteiger partial charge in [-0.3, -0.25) is 0 Å². The van der Waals surface area contributed by atoms with Crippen molar-refractivity contribution in [3.05, 3.63) is 12.7 Å². The molecule has 0 saturated heterocycles. The number of hydrogen-bond donors (Lipinski definition) is 2. The number of nitrogens with zero attached hydrogens (tertiary/aromatic N) is 1. The average Bonchev–Trinajstić information content (AvgIpc) is 1.99. The third-order valence-electron chi connectivity index (χ3n) is 2.67. The molecular formula is C10H19NO4. The maximum Gasteiger partial charge on any atom is 0.157 e. The maximum absolute atomic E-state index is 11.2. The summed E-state index contributed by atoms with van der Waals surface area (Å²) in [5.41, 5.74) is -1.37. The van der Waals surface area contributed by atoms with E-state index in [1.165, 1.54) is 6.08 Å². The molecule has 88 valence electrons. The maximum atomic E-state index is 11.2. The molecular weight excluding hydrogens is 198 g/mol. The molecule has 0 rings (SSSR count). The summed E-state index contributed by atoms with van der Waals surface area (Å²) in [4.78, 5) is 11.2. The minimum atomic E-state index is -1.68. The van der Waals surface area contributed by atoms with Crippen LogP contribution in [-0.2, 0) is 4.79 Å². The van der Waals surface area contributed by atoms with Crippen LogP contribution in [0.1, 0.15) is 12.8 Å². The van der Waals surface area contributed by atoms with E-state index in [0.29, 0.717) is 0 Å². The predicted octanol–water partition coefficient (Wildman–Crippen LogP) is -1.54. The summed E-state index contributed by atoms with van der Waals surface area (Å²) in [5.74, 6) is -1.30. The van der Waals surface area contributed by atoms with Crippen molar-refractivity contribution in [2.24, 2.45) is 0 Å². The summed E-state index contributed by atoms with van der Waals surface area (Å²) in [5, 5.41) is 29.1. The number of carbonyl (C=O) groups is 1. The fourth-order valence-corrected chi connectivity index (χ4v) is 1.61. The van der Waals surface area contributed by atoms with E-state index in [-0.39, 0.29) is 17.3 Å². The van der Waals surface area contributed by atoms with E-state index in [1.807, 2.05) is 0 Å². The number of carboxylic acid groups (broad SMARTS) is 1. The summed E-state index contributed by atoms with van der Waals surface area (Å²) >= 11 is 0. The zero-order valence-electron chi connectivity index (χ0n) is 9.43. The second kappa shape index (κ2) is 4.74. The van der Waals surface area contributed by atoms with Gasteiger partial charge in [0.05, 0.1) is 27.6 Å². The van der Waals surface area contributed by atoms with Crippen LogP contribution in [-0.4, -0.2) is 53.6 Å². The molecule has 0 aromatic heterocycles. The zero-order valence-corrected chi connectivity index (χ0v) is 9.43. The molecule has 15 heavy (non-hydrogen) atoms. The van der Waals surface area contributed by atoms with Gasteiger partial charge in [-0.25, -0.2) is 0 Å². The molecule has 2 N–H and O–H groups in total. The number of likely N-dealkylation sites (N-methyl/N-ethyl adjacent to an activating group) is 1. The molecule has 0 aliphatic heterocycles. The van der Waals surface area contributed by atoms with Gasteiger partial charge in [0.15, 0.2) is 6.29 Å². The SMILES string of the molecule is C=CCC(CC(O)O)(C(=O)[O-])[N+](C)(C)C.